The normalized spacial score (nSPS) is 15.3. The zero-order valence-electron chi connectivity index (χ0n) is 12.5. The summed E-state index contributed by atoms with van der Waals surface area (Å²) in [7, 11) is -3.35. The fourth-order valence-electron chi connectivity index (χ4n) is 2.08. The molecule has 0 radical (unpaired) electrons. The van der Waals surface area contributed by atoms with Gasteiger partial charge in [0.1, 0.15) is 0 Å². The molecule has 0 bridgehead atoms. The highest BCUT2D eigenvalue weighted by atomic mass is 32.2. The minimum absolute atomic E-state index is 0.350. The topological polar surface area (TPSA) is 58.2 Å². The Morgan fingerprint density at radius 1 is 1.19 bits per heavy atom. The predicted octanol–water partition coefficient (Wildman–Crippen LogP) is 2.01. The maximum Gasteiger partial charge on any atom is 0.240 e. The van der Waals surface area contributed by atoms with Crippen molar-refractivity contribution in [3.8, 4) is 0 Å². The molecule has 118 valence electrons. The maximum absolute atomic E-state index is 12.0. The van der Waals surface area contributed by atoms with Crippen LogP contribution in [0.4, 0.5) is 0 Å². The first-order chi connectivity index (χ1) is 10.1. The van der Waals surface area contributed by atoms with Gasteiger partial charge in [-0.2, -0.15) is 11.8 Å². The number of nitrogens with one attached hydrogen (secondary N) is 2. The van der Waals surface area contributed by atoms with Crippen molar-refractivity contribution in [3.05, 3.63) is 29.8 Å². The number of benzene rings is 1. The molecule has 0 amide bonds. The third-order valence-electron chi connectivity index (χ3n) is 3.48. The van der Waals surface area contributed by atoms with Gasteiger partial charge in [-0.15, -0.1) is 0 Å². The van der Waals surface area contributed by atoms with Crippen LogP contribution in [0.15, 0.2) is 29.2 Å². The van der Waals surface area contributed by atoms with Crippen LogP contribution in [0, 0.1) is 0 Å². The largest absolute Gasteiger partial charge is 0.314 e. The Kier molecular flexibility index (Phi) is 6.54. The molecule has 21 heavy (non-hydrogen) atoms. The van der Waals surface area contributed by atoms with Crippen molar-refractivity contribution in [1.82, 2.24) is 10.0 Å². The van der Waals surface area contributed by atoms with E-state index in [1.54, 1.807) is 23.9 Å². The van der Waals surface area contributed by atoms with Gasteiger partial charge in [0.2, 0.25) is 10.0 Å². The van der Waals surface area contributed by atoms with Gasteiger partial charge in [-0.25, -0.2) is 13.1 Å². The van der Waals surface area contributed by atoms with Gasteiger partial charge in [-0.05, 0) is 56.2 Å². The van der Waals surface area contributed by atoms with E-state index in [0.717, 1.165) is 31.2 Å². The molecule has 4 nitrogen and oxygen atoms in total. The summed E-state index contributed by atoms with van der Waals surface area (Å²) in [6.45, 7) is 1.51. The number of aryl methyl sites for hydroxylation is 1. The van der Waals surface area contributed by atoms with Crippen molar-refractivity contribution in [3.63, 3.8) is 0 Å². The molecule has 1 aliphatic carbocycles. The van der Waals surface area contributed by atoms with Gasteiger partial charge in [-0.3, -0.25) is 0 Å². The summed E-state index contributed by atoms with van der Waals surface area (Å²) < 4.78 is 26.7. The van der Waals surface area contributed by atoms with Crippen molar-refractivity contribution in [2.75, 3.05) is 25.1 Å². The van der Waals surface area contributed by atoms with Gasteiger partial charge in [0, 0.05) is 18.3 Å². The molecule has 0 saturated heterocycles. The van der Waals surface area contributed by atoms with Crippen molar-refractivity contribution >= 4 is 21.8 Å². The number of rotatable bonds is 10. The summed E-state index contributed by atoms with van der Waals surface area (Å²) in [4.78, 5) is 0.350. The van der Waals surface area contributed by atoms with E-state index in [-0.39, 0.29) is 0 Å². The van der Waals surface area contributed by atoms with Crippen LogP contribution in [0.2, 0.25) is 0 Å². The molecule has 0 spiro atoms. The Bertz CT molecular complexity index is 525. The van der Waals surface area contributed by atoms with Gasteiger partial charge in [0.25, 0.3) is 0 Å². The highest BCUT2D eigenvalue weighted by molar-refractivity contribution is 7.98. The van der Waals surface area contributed by atoms with Crippen LogP contribution >= 0.6 is 11.8 Å². The van der Waals surface area contributed by atoms with Crippen LogP contribution in [0.5, 0.6) is 0 Å². The monoisotopic (exact) mass is 328 g/mol. The zero-order chi connectivity index (χ0) is 15.1. The van der Waals surface area contributed by atoms with E-state index < -0.39 is 10.0 Å². The minimum atomic E-state index is -3.35. The van der Waals surface area contributed by atoms with Crippen LogP contribution in [-0.4, -0.2) is 39.6 Å². The Morgan fingerprint density at radius 3 is 2.52 bits per heavy atom. The van der Waals surface area contributed by atoms with E-state index in [4.69, 9.17) is 0 Å². The van der Waals surface area contributed by atoms with Crippen LogP contribution in [-0.2, 0) is 16.4 Å². The highest BCUT2D eigenvalue weighted by Crippen LogP contribution is 2.18. The first kappa shape index (κ1) is 16.8. The summed E-state index contributed by atoms with van der Waals surface area (Å²) >= 11 is 1.62. The molecule has 0 atom stereocenters. The molecule has 1 aliphatic rings. The molecule has 1 aromatic carbocycles. The molecule has 0 heterocycles. The average molecular weight is 329 g/mol. The second kappa shape index (κ2) is 8.17. The van der Waals surface area contributed by atoms with Crippen LogP contribution in [0.25, 0.3) is 0 Å². The number of thioether (sulfide) groups is 1. The number of hydrogen-bond donors (Lipinski definition) is 2. The molecule has 1 saturated carbocycles. The summed E-state index contributed by atoms with van der Waals surface area (Å²) in [6, 6.07) is 7.99. The fraction of sp³-hybridized carbons (Fsp3) is 0.600. The zero-order valence-corrected chi connectivity index (χ0v) is 14.1. The first-order valence-corrected chi connectivity index (χ1v) is 10.3. The van der Waals surface area contributed by atoms with Crippen LogP contribution in [0.3, 0.4) is 0 Å². The molecule has 0 aromatic heterocycles. The standard InChI is InChI=1S/C15H24N2O2S2/c1-20-12-11-17-21(18,19)15-8-4-13(5-9-15)3-2-10-16-14-6-7-14/h4-5,8-9,14,16-17H,2-3,6-7,10-12H2,1H3. The lowest BCUT2D eigenvalue weighted by Gasteiger charge is -2.07. The van der Waals surface area contributed by atoms with Gasteiger partial charge in [0.15, 0.2) is 0 Å². The molecule has 0 aliphatic heterocycles. The summed E-state index contributed by atoms with van der Waals surface area (Å²) in [5, 5.41) is 3.48. The Labute approximate surface area is 132 Å². The third-order valence-corrected chi connectivity index (χ3v) is 5.57. The lowest BCUT2D eigenvalue weighted by molar-refractivity contribution is 0.584. The van der Waals surface area contributed by atoms with E-state index in [2.05, 4.69) is 10.0 Å². The van der Waals surface area contributed by atoms with Crippen molar-refractivity contribution in [2.24, 2.45) is 0 Å². The van der Waals surface area contributed by atoms with E-state index in [9.17, 15) is 8.42 Å². The summed E-state index contributed by atoms with van der Waals surface area (Å²) in [6.07, 6.45) is 6.67. The lowest BCUT2D eigenvalue weighted by atomic mass is 10.1. The van der Waals surface area contributed by atoms with E-state index in [0.29, 0.717) is 11.4 Å². The fourth-order valence-corrected chi connectivity index (χ4v) is 3.55. The second-order valence-electron chi connectivity index (χ2n) is 5.37. The Balaban J connectivity index is 1.79. The van der Waals surface area contributed by atoms with Gasteiger partial charge < -0.3 is 5.32 Å². The number of hydrogen-bond acceptors (Lipinski definition) is 4. The molecule has 1 aromatic rings. The molecular formula is C15H24N2O2S2. The smallest absolute Gasteiger partial charge is 0.240 e. The SMILES string of the molecule is CSCCNS(=O)(=O)c1ccc(CCCNC2CC2)cc1. The van der Waals surface area contributed by atoms with Crippen LogP contribution in [0.1, 0.15) is 24.8 Å². The third kappa shape index (κ3) is 5.98. The van der Waals surface area contributed by atoms with Crippen molar-refractivity contribution < 1.29 is 8.42 Å². The Morgan fingerprint density at radius 2 is 1.90 bits per heavy atom. The quantitative estimate of drug-likeness (QED) is 0.645. The predicted molar refractivity (Wildman–Crippen MR) is 89.4 cm³/mol. The number of sulfonamides is 1. The average Bonchev–Trinajstić information content (AvgIpc) is 3.28. The Hall–Kier alpha value is -0.560. The summed E-state index contributed by atoms with van der Waals surface area (Å²) in [5.74, 6) is 0.783. The molecule has 2 N–H and O–H groups in total. The lowest BCUT2D eigenvalue weighted by Crippen LogP contribution is -2.25. The van der Waals surface area contributed by atoms with Crippen molar-refractivity contribution in [2.45, 2.75) is 36.6 Å². The van der Waals surface area contributed by atoms with E-state index >= 15 is 0 Å². The van der Waals surface area contributed by atoms with Gasteiger partial charge >= 0.3 is 0 Å². The highest BCUT2D eigenvalue weighted by Gasteiger charge is 2.19. The molecule has 0 unspecified atom stereocenters. The van der Waals surface area contributed by atoms with Gasteiger partial charge in [-0.1, -0.05) is 12.1 Å². The molecular weight excluding hydrogens is 304 g/mol. The molecule has 6 heteroatoms. The molecule has 2 rings (SSSR count). The maximum atomic E-state index is 12.0. The first-order valence-electron chi connectivity index (χ1n) is 7.43. The van der Waals surface area contributed by atoms with E-state index in [1.165, 1.54) is 18.4 Å². The van der Waals surface area contributed by atoms with E-state index in [1.807, 2.05) is 18.4 Å². The van der Waals surface area contributed by atoms with Crippen LogP contribution < -0.4 is 10.0 Å². The summed E-state index contributed by atoms with van der Waals surface area (Å²) in [5.41, 5.74) is 1.19. The second-order valence-corrected chi connectivity index (χ2v) is 8.12. The van der Waals surface area contributed by atoms with Gasteiger partial charge in [0.05, 0.1) is 4.90 Å². The van der Waals surface area contributed by atoms with Crippen molar-refractivity contribution in [1.29, 1.82) is 0 Å². The molecule has 1 fully saturated rings. The minimum Gasteiger partial charge on any atom is -0.314 e.